The molecule has 0 saturated heterocycles. The summed E-state index contributed by atoms with van der Waals surface area (Å²) >= 11 is 0. The fraction of sp³-hybridized carbons (Fsp3) is 0. The van der Waals surface area contributed by atoms with Crippen LogP contribution >= 0.6 is 0 Å². The van der Waals surface area contributed by atoms with Gasteiger partial charge in [-0.25, -0.2) is 14.2 Å². The van der Waals surface area contributed by atoms with Crippen LogP contribution in [-0.4, -0.2) is 20.1 Å². The Morgan fingerprint density at radius 2 is 1.79 bits per heavy atom. The van der Waals surface area contributed by atoms with Gasteiger partial charge in [-0.2, -0.15) is 0 Å². The molecule has 5 rings (SSSR count). The van der Waals surface area contributed by atoms with E-state index in [4.69, 9.17) is 10.3 Å². The average molecular weight is 389 g/mol. The Kier molecular flexibility index (Phi) is 3.56. The van der Waals surface area contributed by atoms with Crippen LogP contribution < -0.4 is 17.0 Å². The number of hydrogen-bond donors (Lipinski definition) is 3. The first-order valence-corrected chi connectivity index (χ1v) is 8.59. The molecule has 3 aromatic heterocycles. The SMILES string of the molecule is Nc1[nH]c(=O)[nH]c(=O)c1-c1c2cc(F)ccc2nc2onc(-c3ccccc3)c12. The van der Waals surface area contributed by atoms with Crippen LogP contribution in [0.4, 0.5) is 10.2 Å². The molecule has 8 nitrogen and oxygen atoms in total. The van der Waals surface area contributed by atoms with Gasteiger partial charge in [-0.1, -0.05) is 35.5 Å². The standard InChI is InChI=1S/C20H12FN5O3/c21-10-6-7-12-11(8-10)13(15-17(22)24-20(28)25-18(15)27)14-16(26-29-19(14)23-12)9-4-2-1-3-5-9/h1-8H,(H4,22,24,25,27,28). The first-order valence-electron chi connectivity index (χ1n) is 8.59. The number of halogens is 1. The molecule has 0 aliphatic heterocycles. The van der Waals surface area contributed by atoms with Gasteiger partial charge >= 0.3 is 5.69 Å². The number of aromatic amines is 2. The molecule has 0 radical (unpaired) electrons. The lowest BCUT2D eigenvalue weighted by Gasteiger charge is -2.10. The van der Waals surface area contributed by atoms with Gasteiger partial charge in [0.1, 0.15) is 17.3 Å². The van der Waals surface area contributed by atoms with Crippen LogP contribution in [0.2, 0.25) is 0 Å². The first-order chi connectivity index (χ1) is 14.0. The van der Waals surface area contributed by atoms with Crippen molar-refractivity contribution in [1.29, 1.82) is 0 Å². The number of aromatic nitrogens is 4. The Balaban J connectivity index is 2.04. The second kappa shape index (κ2) is 6.13. The number of nitrogen functional groups attached to an aromatic ring is 1. The van der Waals surface area contributed by atoms with Crippen LogP contribution in [0.3, 0.4) is 0 Å². The Labute approximate surface area is 160 Å². The highest BCUT2D eigenvalue weighted by atomic mass is 19.1. The van der Waals surface area contributed by atoms with Crippen molar-refractivity contribution in [3.05, 3.63) is 75.2 Å². The number of fused-ring (bicyclic) bond motifs is 2. The molecule has 9 heteroatoms. The van der Waals surface area contributed by atoms with Crippen LogP contribution in [-0.2, 0) is 0 Å². The van der Waals surface area contributed by atoms with E-state index in [1.54, 1.807) is 0 Å². The molecule has 0 aliphatic rings. The highest BCUT2D eigenvalue weighted by molar-refractivity contribution is 6.13. The molecule has 2 aromatic carbocycles. The number of H-pyrrole nitrogens is 2. The normalized spacial score (nSPS) is 11.3. The summed E-state index contributed by atoms with van der Waals surface area (Å²) in [5, 5.41) is 4.84. The predicted molar refractivity (Wildman–Crippen MR) is 106 cm³/mol. The monoisotopic (exact) mass is 389 g/mol. The number of benzene rings is 2. The van der Waals surface area contributed by atoms with E-state index in [1.807, 2.05) is 30.3 Å². The van der Waals surface area contributed by atoms with E-state index in [1.165, 1.54) is 18.2 Å². The lowest BCUT2D eigenvalue weighted by Crippen LogP contribution is -2.25. The summed E-state index contributed by atoms with van der Waals surface area (Å²) in [7, 11) is 0. The van der Waals surface area contributed by atoms with Gasteiger partial charge in [0.05, 0.1) is 16.5 Å². The topological polar surface area (TPSA) is 131 Å². The molecule has 0 aliphatic carbocycles. The Morgan fingerprint density at radius 3 is 2.55 bits per heavy atom. The second-order valence-electron chi connectivity index (χ2n) is 6.42. The molecule has 0 spiro atoms. The zero-order chi connectivity index (χ0) is 20.1. The number of rotatable bonds is 2. The summed E-state index contributed by atoms with van der Waals surface area (Å²) in [6, 6.07) is 13.1. The summed E-state index contributed by atoms with van der Waals surface area (Å²) in [5.41, 5.74) is 6.45. The molecular weight excluding hydrogens is 377 g/mol. The summed E-state index contributed by atoms with van der Waals surface area (Å²) in [6.45, 7) is 0. The highest BCUT2D eigenvalue weighted by Crippen LogP contribution is 2.40. The molecule has 0 bridgehead atoms. The van der Waals surface area contributed by atoms with Crippen LogP contribution in [0, 0.1) is 5.82 Å². The van der Waals surface area contributed by atoms with Crippen molar-refractivity contribution in [2.24, 2.45) is 0 Å². The van der Waals surface area contributed by atoms with Gasteiger partial charge in [0.15, 0.2) is 0 Å². The molecule has 0 fully saturated rings. The number of pyridine rings is 1. The van der Waals surface area contributed by atoms with Crippen LogP contribution in [0.1, 0.15) is 0 Å². The van der Waals surface area contributed by atoms with Gasteiger partial charge in [0.25, 0.3) is 11.3 Å². The van der Waals surface area contributed by atoms with Gasteiger partial charge in [-0.15, -0.1) is 0 Å². The van der Waals surface area contributed by atoms with Gasteiger partial charge in [0.2, 0.25) is 0 Å². The van der Waals surface area contributed by atoms with Crippen molar-refractivity contribution in [3.63, 3.8) is 0 Å². The smallest absolute Gasteiger partial charge is 0.327 e. The third-order valence-electron chi connectivity index (χ3n) is 4.64. The largest absolute Gasteiger partial charge is 0.384 e. The minimum absolute atomic E-state index is 0.0204. The van der Waals surface area contributed by atoms with E-state index < -0.39 is 17.1 Å². The van der Waals surface area contributed by atoms with Crippen molar-refractivity contribution in [1.82, 2.24) is 20.1 Å². The number of nitrogens with zero attached hydrogens (tertiary/aromatic N) is 2. The second-order valence-corrected chi connectivity index (χ2v) is 6.42. The van der Waals surface area contributed by atoms with Crippen molar-refractivity contribution in [2.45, 2.75) is 0 Å². The maximum absolute atomic E-state index is 14.1. The molecule has 142 valence electrons. The summed E-state index contributed by atoms with van der Waals surface area (Å²) in [4.78, 5) is 33.2. The molecule has 0 amide bonds. The summed E-state index contributed by atoms with van der Waals surface area (Å²) in [5.74, 6) is -0.672. The van der Waals surface area contributed by atoms with Gasteiger partial charge < -0.3 is 10.3 Å². The van der Waals surface area contributed by atoms with Crippen molar-refractivity contribution in [3.8, 4) is 22.4 Å². The van der Waals surface area contributed by atoms with Gasteiger partial charge in [-0.3, -0.25) is 14.8 Å². The number of hydrogen-bond acceptors (Lipinski definition) is 6. The van der Waals surface area contributed by atoms with Crippen molar-refractivity contribution < 1.29 is 8.91 Å². The third-order valence-corrected chi connectivity index (χ3v) is 4.64. The lowest BCUT2D eigenvalue weighted by molar-refractivity contribution is 0.452. The molecule has 3 heterocycles. The molecule has 4 N–H and O–H groups in total. The highest BCUT2D eigenvalue weighted by Gasteiger charge is 2.24. The van der Waals surface area contributed by atoms with Crippen LogP contribution in [0.15, 0.2) is 62.6 Å². The maximum Gasteiger partial charge on any atom is 0.327 e. The minimum Gasteiger partial charge on any atom is -0.384 e. The molecule has 5 aromatic rings. The Bertz CT molecular complexity index is 1520. The number of anilines is 1. The van der Waals surface area contributed by atoms with E-state index >= 15 is 0 Å². The Hall–Kier alpha value is -4.27. The number of nitrogens with one attached hydrogen (secondary N) is 2. The zero-order valence-corrected chi connectivity index (χ0v) is 14.7. The predicted octanol–water partition coefficient (Wildman–Crippen LogP) is 2.81. The molecule has 0 atom stereocenters. The fourth-order valence-electron chi connectivity index (χ4n) is 3.44. The molecule has 29 heavy (non-hydrogen) atoms. The fourth-order valence-corrected chi connectivity index (χ4v) is 3.44. The van der Waals surface area contributed by atoms with Gasteiger partial charge in [0, 0.05) is 16.5 Å². The van der Waals surface area contributed by atoms with E-state index in [-0.39, 0.29) is 22.7 Å². The quantitative estimate of drug-likeness (QED) is 0.425. The van der Waals surface area contributed by atoms with E-state index in [2.05, 4.69) is 20.1 Å². The van der Waals surface area contributed by atoms with Crippen molar-refractivity contribution >= 4 is 27.8 Å². The van der Waals surface area contributed by atoms with E-state index in [0.29, 0.717) is 27.5 Å². The average Bonchev–Trinajstić information content (AvgIpc) is 3.11. The maximum atomic E-state index is 14.1. The third kappa shape index (κ3) is 2.59. The van der Waals surface area contributed by atoms with Crippen LogP contribution in [0.5, 0.6) is 0 Å². The molecule has 0 saturated carbocycles. The van der Waals surface area contributed by atoms with Gasteiger partial charge in [-0.05, 0) is 18.2 Å². The number of nitrogens with two attached hydrogens (primary N) is 1. The minimum atomic E-state index is -0.745. The van der Waals surface area contributed by atoms with Crippen molar-refractivity contribution in [2.75, 3.05) is 5.73 Å². The summed E-state index contributed by atoms with van der Waals surface area (Å²) in [6.07, 6.45) is 0. The molecular formula is C20H12FN5O3. The van der Waals surface area contributed by atoms with Crippen LogP contribution in [0.25, 0.3) is 44.4 Å². The lowest BCUT2D eigenvalue weighted by atomic mass is 9.96. The zero-order valence-electron chi connectivity index (χ0n) is 14.7. The first kappa shape index (κ1) is 16.9. The molecule has 0 unspecified atom stereocenters. The van der Waals surface area contributed by atoms with E-state index in [9.17, 15) is 14.0 Å². The van der Waals surface area contributed by atoms with E-state index in [0.717, 1.165) is 0 Å². The summed E-state index contributed by atoms with van der Waals surface area (Å²) < 4.78 is 19.5. The Morgan fingerprint density at radius 1 is 1.00 bits per heavy atom.